The van der Waals surface area contributed by atoms with Crippen molar-refractivity contribution in [3.8, 4) is 0 Å². The Bertz CT molecular complexity index is 774. The van der Waals surface area contributed by atoms with Gasteiger partial charge in [0.15, 0.2) is 0 Å². The van der Waals surface area contributed by atoms with Crippen LogP contribution in [0.15, 0.2) is 24.7 Å². The summed E-state index contributed by atoms with van der Waals surface area (Å²) < 4.78 is 9.53. The van der Waals surface area contributed by atoms with Crippen LogP contribution in [0.2, 0.25) is 31.0 Å². The average molecular weight is 323 g/mol. The molecule has 0 radical (unpaired) electrons. The smallest absolute Gasteiger partial charge is 0.210 e. The molecule has 0 N–H and O–H groups in total. The van der Waals surface area contributed by atoms with Crippen molar-refractivity contribution in [2.75, 3.05) is 6.61 Å². The molecule has 0 unspecified atom stereocenters. The molecular formula is C14H19ClN4OSi. The van der Waals surface area contributed by atoms with Crippen molar-refractivity contribution in [2.24, 2.45) is 0 Å². The highest BCUT2D eigenvalue weighted by molar-refractivity contribution is 6.76. The third-order valence-electron chi connectivity index (χ3n) is 3.44. The lowest BCUT2D eigenvalue weighted by molar-refractivity contribution is 0.0899. The minimum atomic E-state index is -1.05. The van der Waals surface area contributed by atoms with Crippen LogP contribution < -0.4 is 0 Å². The van der Waals surface area contributed by atoms with Crippen LogP contribution in [0.25, 0.3) is 16.7 Å². The van der Waals surface area contributed by atoms with Gasteiger partial charge in [0.2, 0.25) is 5.28 Å². The molecule has 0 aliphatic rings. The fraction of sp³-hybridized carbons (Fsp3) is 0.429. The van der Waals surface area contributed by atoms with Crippen molar-refractivity contribution in [1.82, 2.24) is 18.9 Å². The van der Waals surface area contributed by atoms with Crippen LogP contribution in [0.3, 0.4) is 0 Å². The zero-order valence-electron chi connectivity index (χ0n) is 12.5. The number of hydrogen-bond acceptors (Lipinski definition) is 3. The summed E-state index contributed by atoms with van der Waals surface area (Å²) in [5, 5.41) is 1.40. The average Bonchev–Trinajstić information content (AvgIpc) is 3.00. The third kappa shape index (κ3) is 2.97. The normalized spacial score (nSPS) is 12.6. The molecule has 3 rings (SSSR count). The van der Waals surface area contributed by atoms with Crippen molar-refractivity contribution < 1.29 is 4.74 Å². The van der Waals surface area contributed by atoms with Gasteiger partial charge in [-0.05, 0) is 23.7 Å². The molecule has 7 heteroatoms. The molecule has 3 aromatic heterocycles. The predicted molar refractivity (Wildman–Crippen MR) is 87.6 cm³/mol. The summed E-state index contributed by atoms with van der Waals surface area (Å²) in [7, 11) is -1.05. The van der Waals surface area contributed by atoms with Crippen LogP contribution in [0.1, 0.15) is 0 Å². The van der Waals surface area contributed by atoms with Gasteiger partial charge in [0.1, 0.15) is 18.0 Å². The largest absolute Gasteiger partial charge is 0.361 e. The van der Waals surface area contributed by atoms with Gasteiger partial charge in [-0.2, -0.15) is 0 Å². The number of hydrogen-bond donors (Lipinski definition) is 0. The molecule has 3 aromatic rings. The van der Waals surface area contributed by atoms with Gasteiger partial charge in [0.25, 0.3) is 0 Å². The highest BCUT2D eigenvalue weighted by atomic mass is 35.5. The molecule has 3 heterocycles. The molecule has 0 aromatic carbocycles. The van der Waals surface area contributed by atoms with E-state index in [-0.39, 0.29) is 0 Å². The molecule has 0 aliphatic carbocycles. The van der Waals surface area contributed by atoms with Crippen LogP contribution in [-0.4, -0.2) is 33.6 Å². The Labute approximate surface area is 129 Å². The van der Waals surface area contributed by atoms with E-state index in [1.807, 2.05) is 23.0 Å². The third-order valence-corrected chi connectivity index (χ3v) is 5.41. The van der Waals surface area contributed by atoms with Gasteiger partial charge in [-0.15, -0.1) is 0 Å². The van der Waals surface area contributed by atoms with Gasteiger partial charge in [-0.25, -0.2) is 9.97 Å². The Morgan fingerprint density at radius 3 is 2.81 bits per heavy atom. The molecule has 21 heavy (non-hydrogen) atoms. The summed E-state index contributed by atoms with van der Waals surface area (Å²) >= 11 is 6.19. The highest BCUT2D eigenvalue weighted by Crippen LogP contribution is 2.22. The number of aromatic nitrogens is 4. The standard InChI is InChI=1S/C14H19ClN4OSi/c1-21(2,3)9-8-20-10-18-6-4-11-12-16-5-7-19(12)14(15)17-13(11)18/h4-7H,8-10H2,1-3H3. The predicted octanol–water partition coefficient (Wildman–Crippen LogP) is 3.65. The SMILES string of the molecule is C[Si](C)(C)CCOCn1ccc2c1nc(Cl)n1ccnc21. The first kappa shape index (κ1) is 14.6. The van der Waals surface area contributed by atoms with Crippen LogP contribution in [0.4, 0.5) is 0 Å². The molecular weight excluding hydrogens is 304 g/mol. The van der Waals surface area contributed by atoms with Crippen molar-refractivity contribution in [1.29, 1.82) is 0 Å². The van der Waals surface area contributed by atoms with E-state index < -0.39 is 8.07 Å². The fourth-order valence-electron chi connectivity index (χ4n) is 2.20. The van der Waals surface area contributed by atoms with E-state index in [1.165, 1.54) is 0 Å². The van der Waals surface area contributed by atoms with Crippen LogP contribution in [0, 0.1) is 0 Å². The van der Waals surface area contributed by atoms with E-state index in [0.717, 1.165) is 29.3 Å². The molecule has 0 saturated carbocycles. The van der Waals surface area contributed by atoms with E-state index in [9.17, 15) is 0 Å². The molecule has 0 fully saturated rings. The lowest BCUT2D eigenvalue weighted by Gasteiger charge is -2.15. The fourth-order valence-corrected chi connectivity index (χ4v) is 3.17. The molecule has 112 valence electrons. The van der Waals surface area contributed by atoms with Crippen molar-refractivity contribution in [2.45, 2.75) is 32.4 Å². The first-order chi connectivity index (χ1) is 9.96. The minimum Gasteiger partial charge on any atom is -0.361 e. The second-order valence-corrected chi connectivity index (χ2v) is 12.3. The Kier molecular flexibility index (Phi) is 3.77. The van der Waals surface area contributed by atoms with E-state index >= 15 is 0 Å². The van der Waals surface area contributed by atoms with Gasteiger partial charge < -0.3 is 9.30 Å². The first-order valence-electron chi connectivity index (χ1n) is 7.01. The monoisotopic (exact) mass is 322 g/mol. The lowest BCUT2D eigenvalue weighted by atomic mass is 10.4. The van der Waals surface area contributed by atoms with Gasteiger partial charge in [0.05, 0.1) is 5.39 Å². The number of ether oxygens (including phenoxy) is 1. The molecule has 0 aliphatic heterocycles. The Morgan fingerprint density at radius 1 is 1.24 bits per heavy atom. The lowest BCUT2D eigenvalue weighted by Crippen LogP contribution is -2.22. The quantitative estimate of drug-likeness (QED) is 0.409. The number of nitrogens with zero attached hydrogens (tertiary/aromatic N) is 4. The van der Waals surface area contributed by atoms with Gasteiger partial charge >= 0.3 is 0 Å². The van der Waals surface area contributed by atoms with Crippen molar-refractivity contribution in [3.63, 3.8) is 0 Å². The van der Waals surface area contributed by atoms with Gasteiger partial charge in [-0.3, -0.25) is 4.40 Å². The maximum atomic E-state index is 6.19. The minimum absolute atomic E-state index is 0.414. The molecule has 0 saturated heterocycles. The molecule has 0 atom stereocenters. The number of imidazole rings is 1. The van der Waals surface area contributed by atoms with Crippen LogP contribution in [-0.2, 0) is 11.5 Å². The summed E-state index contributed by atoms with van der Waals surface area (Å²) in [6.07, 6.45) is 5.51. The van der Waals surface area contributed by atoms with Crippen molar-refractivity contribution in [3.05, 3.63) is 29.9 Å². The molecule has 0 amide bonds. The van der Waals surface area contributed by atoms with Crippen LogP contribution >= 0.6 is 11.6 Å². The number of fused-ring (bicyclic) bond motifs is 3. The summed E-state index contributed by atoms with van der Waals surface area (Å²) in [4.78, 5) is 8.78. The summed E-state index contributed by atoms with van der Waals surface area (Å²) in [6, 6.07) is 3.16. The topological polar surface area (TPSA) is 44.4 Å². The van der Waals surface area contributed by atoms with E-state index in [4.69, 9.17) is 16.3 Å². The zero-order chi connectivity index (χ0) is 15.0. The summed E-state index contributed by atoms with van der Waals surface area (Å²) in [5.74, 6) is 0. The van der Waals surface area contributed by atoms with Gasteiger partial charge in [-0.1, -0.05) is 19.6 Å². The van der Waals surface area contributed by atoms with Crippen molar-refractivity contribution >= 4 is 36.4 Å². The number of halogens is 1. The molecule has 0 bridgehead atoms. The maximum absolute atomic E-state index is 6.19. The maximum Gasteiger partial charge on any atom is 0.210 e. The Morgan fingerprint density at radius 2 is 2.05 bits per heavy atom. The van der Waals surface area contributed by atoms with E-state index in [2.05, 4.69) is 29.6 Å². The molecule has 0 spiro atoms. The summed E-state index contributed by atoms with van der Waals surface area (Å²) in [5.41, 5.74) is 1.64. The van der Waals surface area contributed by atoms with E-state index in [1.54, 1.807) is 10.6 Å². The van der Waals surface area contributed by atoms with Gasteiger partial charge in [0, 0.05) is 33.3 Å². The second kappa shape index (κ2) is 5.44. The zero-order valence-corrected chi connectivity index (χ0v) is 14.3. The summed E-state index contributed by atoms with van der Waals surface area (Å²) in [6.45, 7) is 8.32. The number of rotatable bonds is 5. The Hall–Kier alpha value is -1.37. The Balaban J connectivity index is 1.82. The van der Waals surface area contributed by atoms with E-state index in [0.29, 0.717) is 12.0 Å². The second-order valence-electron chi connectivity index (χ2n) is 6.37. The highest BCUT2D eigenvalue weighted by Gasteiger charge is 2.13. The molecule has 5 nitrogen and oxygen atoms in total. The van der Waals surface area contributed by atoms with Crippen LogP contribution in [0.5, 0.6) is 0 Å². The first-order valence-corrected chi connectivity index (χ1v) is 11.1.